The van der Waals surface area contributed by atoms with Gasteiger partial charge in [-0.15, -0.1) is 0 Å². The van der Waals surface area contributed by atoms with Crippen LogP contribution in [0.1, 0.15) is 35.5 Å². The Morgan fingerprint density at radius 3 is 2.83 bits per heavy atom. The van der Waals surface area contributed by atoms with E-state index in [4.69, 9.17) is 4.42 Å². The topological polar surface area (TPSA) is 30.2 Å². The third-order valence-corrected chi connectivity index (χ3v) is 2.45. The van der Waals surface area contributed by atoms with Crippen molar-refractivity contribution in [3.8, 4) is 0 Å². The summed E-state index contributed by atoms with van der Waals surface area (Å²) in [5.41, 5.74) is 1.78. The van der Waals surface area contributed by atoms with Gasteiger partial charge < -0.3 is 4.42 Å². The first-order valence-electron chi connectivity index (χ1n) is 4.32. The lowest BCUT2D eigenvalue weighted by Gasteiger charge is -2.08. The van der Waals surface area contributed by atoms with Gasteiger partial charge in [-0.2, -0.15) is 0 Å². The predicted molar refractivity (Wildman–Crippen MR) is 44.9 cm³/mol. The van der Waals surface area contributed by atoms with E-state index in [1.54, 1.807) is 0 Å². The van der Waals surface area contributed by atoms with Crippen LogP contribution in [0.5, 0.6) is 0 Å². The summed E-state index contributed by atoms with van der Waals surface area (Å²) in [5.74, 6) is 1.74. The fourth-order valence-corrected chi connectivity index (χ4v) is 1.84. The van der Waals surface area contributed by atoms with E-state index in [0.717, 1.165) is 29.9 Å². The summed E-state index contributed by atoms with van der Waals surface area (Å²) in [6, 6.07) is 0. The third kappa shape index (κ3) is 0.986. The van der Waals surface area contributed by atoms with E-state index in [-0.39, 0.29) is 0 Å². The smallest absolute Gasteiger partial charge is 0.237 e. The van der Waals surface area contributed by atoms with Crippen LogP contribution in [-0.2, 0) is 17.6 Å². The van der Waals surface area contributed by atoms with Crippen LogP contribution in [0.3, 0.4) is 0 Å². The monoisotopic (exact) mass is 163 g/mol. The fraction of sp³-hybridized carbons (Fsp3) is 0.500. The molecule has 0 saturated carbocycles. The first-order chi connectivity index (χ1) is 5.83. The standard InChI is InChI=1S/C10H11O2/c1-7-9(6-11)8-4-2-3-5-10(8)12-7/h2-5H2,1H3. The van der Waals surface area contributed by atoms with Gasteiger partial charge in [-0.25, -0.2) is 0 Å². The van der Waals surface area contributed by atoms with Crippen LogP contribution >= 0.6 is 0 Å². The van der Waals surface area contributed by atoms with Crippen LogP contribution in [0.15, 0.2) is 4.42 Å². The average Bonchev–Trinajstić information content (AvgIpc) is 2.40. The fourth-order valence-electron chi connectivity index (χ4n) is 1.84. The molecule has 0 unspecified atom stereocenters. The van der Waals surface area contributed by atoms with Gasteiger partial charge in [0.1, 0.15) is 11.5 Å². The van der Waals surface area contributed by atoms with Gasteiger partial charge in [-0.1, -0.05) is 0 Å². The van der Waals surface area contributed by atoms with Crippen molar-refractivity contribution in [2.75, 3.05) is 0 Å². The molecule has 2 rings (SSSR count). The Labute approximate surface area is 71.6 Å². The number of furan rings is 1. The largest absolute Gasteiger partial charge is 0.465 e. The van der Waals surface area contributed by atoms with E-state index < -0.39 is 0 Å². The summed E-state index contributed by atoms with van der Waals surface area (Å²) >= 11 is 0. The average molecular weight is 163 g/mol. The van der Waals surface area contributed by atoms with Gasteiger partial charge in [-0.3, -0.25) is 4.79 Å². The molecule has 0 saturated heterocycles. The molecule has 12 heavy (non-hydrogen) atoms. The molecule has 0 spiro atoms. The zero-order valence-corrected chi connectivity index (χ0v) is 7.14. The lowest BCUT2D eigenvalue weighted by molar-refractivity contribution is 0.457. The predicted octanol–water partition coefficient (Wildman–Crippen LogP) is 1.92. The highest BCUT2D eigenvalue weighted by Crippen LogP contribution is 2.27. The Hall–Kier alpha value is -1.05. The Morgan fingerprint density at radius 1 is 1.33 bits per heavy atom. The molecule has 63 valence electrons. The second kappa shape index (κ2) is 2.77. The maximum atomic E-state index is 10.6. The van der Waals surface area contributed by atoms with E-state index in [1.165, 1.54) is 12.8 Å². The summed E-state index contributed by atoms with van der Waals surface area (Å²) in [7, 11) is 0. The zero-order chi connectivity index (χ0) is 8.55. The SMILES string of the molecule is Cc1oc2c(c1[C]=O)CCCC2. The normalized spacial score (nSPS) is 15.8. The number of carbonyl (C=O) groups excluding carboxylic acids is 1. The Bertz CT molecular complexity index is 310. The van der Waals surface area contributed by atoms with Crippen LogP contribution in [0.25, 0.3) is 0 Å². The molecule has 1 aromatic rings. The zero-order valence-electron chi connectivity index (χ0n) is 7.14. The molecule has 1 radical (unpaired) electrons. The van der Waals surface area contributed by atoms with Gasteiger partial charge in [0.2, 0.25) is 6.29 Å². The van der Waals surface area contributed by atoms with Crippen molar-refractivity contribution in [3.63, 3.8) is 0 Å². The molecule has 0 fully saturated rings. The van der Waals surface area contributed by atoms with Crippen molar-refractivity contribution in [2.45, 2.75) is 32.6 Å². The van der Waals surface area contributed by atoms with Gasteiger partial charge in [0.15, 0.2) is 0 Å². The molecule has 0 aromatic carbocycles. The van der Waals surface area contributed by atoms with Crippen molar-refractivity contribution in [3.05, 3.63) is 22.6 Å². The molecule has 0 atom stereocenters. The highest BCUT2D eigenvalue weighted by Gasteiger charge is 2.20. The van der Waals surface area contributed by atoms with Crippen LogP contribution in [0.2, 0.25) is 0 Å². The minimum atomic E-state index is 0.671. The first kappa shape index (κ1) is 7.59. The minimum Gasteiger partial charge on any atom is -0.465 e. The summed E-state index contributed by atoms with van der Waals surface area (Å²) in [6.07, 6.45) is 6.27. The number of hydrogen-bond donors (Lipinski definition) is 0. The number of aryl methyl sites for hydroxylation is 2. The van der Waals surface area contributed by atoms with Crippen molar-refractivity contribution < 1.29 is 9.21 Å². The Morgan fingerprint density at radius 2 is 2.08 bits per heavy atom. The van der Waals surface area contributed by atoms with Gasteiger partial charge in [0.25, 0.3) is 0 Å². The molecule has 0 amide bonds. The molecule has 0 bridgehead atoms. The second-order valence-corrected chi connectivity index (χ2v) is 3.24. The van der Waals surface area contributed by atoms with Crippen LogP contribution < -0.4 is 0 Å². The molecule has 1 heterocycles. The molecule has 1 aromatic heterocycles. The number of fused-ring (bicyclic) bond motifs is 1. The van der Waals surface area contributed by atoms with Gasteiger partial charge >= 0.3 is 0 Å². The van der Waals surface area contributed by atoms with Gasteiger partial charge in [-0.05, 0) is 26.2 Å². The summed E-state index contributed by atoms with van der Waals surface area (Å²) in [6.45, 7) is 1.83. The van der Waals surface area contributed by atoms with Crippen LogP contribution in [0, 0.1) is 6.92 Å². The molecule has 1 aliphatic carbocycles. The molecule has 0 aliphatic heterocycles. The van der Waals surface area contributed by atoms with Gasteiger partial charge in [0.05, 0.1) is 5.56 Å². The lowest BCUT2D eigenvalue weighted by Crippen LogP contribution is -2.01. The quantitative estimate of drug-likeness (QED) is 0.633. The Balaban J connectivity index is 2.53. The van der Waals surface area contributed by atoms with Crippen LogP contribution in [-0.4, -0.2) is 6.29 Å². The third-order valence-electron chi connectivity index (χ3n) is 2.45. The van der Waals surface area contributed by atoms with Crippen LogP contribution in [0.4, 0.5) is 0 Å². The maximum Gasteiger partial charge on any atom is 0.237 e. The lowest BCUT2D eigenvalue weighted by atomic mass is 9.95. The molecular weight excluding hydrogens is 152 g/mol. The Kier molecular flexibility index (Phi) is 1.75. The van der Waals surface area contributed by atoms with E-state index in [2.05, 4.69) is 0 Å². The van der Waals surface area contributed by atoms with E-state index in [0.29, 0.717) is 5.56 Å². The van der Waals surface area contributed by atoms with E-state index >= 15 is 0 Å². The highest BCUT2D eigenvalue weighted by molar-refractivity contribution is 5.79. The molecule has 2 heteroatoms. The summed E-state index contributed by atoms with van der Waals surface area (Å²) in [4.78, 5) is 10.6. The van der Waals surface area contributed by atoms with E-state index in [9.17, 15) is 4.79 Å². The summed E-state index contributed by atoms with van der Waals surface area (Å²) < 4.78 is 5.47. The minimum absolute atomic E-state index is 0.671. The number of hydrogen-bond acceptors (Lipinski definition) is 2. The second-order valence-electron chi connectivity index (χ2n) is 3.24. The first-order valence-corrected chi connectivity index (χ1v) is 4.32. The maximum absolute atomic E-state index is 10.6. The molecular formula is C10H11O2. The van der Waals surface area contributed by atoms with Crippen molar-refractivity contribution in [1.29, 1.82) is 0 Å². The molecule has 1 aliphatic rings. The van der Waals surface area contributed by atoms with Crippen molar-refractivity contribution in [2.24, 2.45) is 0 Å². The molecule has 0 N–H and O–H groups in total. The molecule has 2 nitrogen and oxygen atoms in total. The number of rotatable bonds is 1. The van der Waals surface area contributed by atoms with Crippen molar-refractivity contribution in [1.82, 2.24) is 0 Å². The summed E-state index contributed by atoms with van der Waals surface area (Å²) in [5, 5.41) is 0. The van der Waals surface area contributed by atoms with Crippen molar-refractivity contribution >= 4 is 6.29 Å². The van der Waals surface area contributed by atoms with Gasteiger partial charge in [0, 0.05) is 12.0 Å². The van der Waals surface area contributed by atoms with E-state index in [1.807, 2.05) is 13.2 Å². The highest BCUT2D eigenvalue weighted by atomic mass is 16.3.